The number of nitrogens with zero attached hydrogens (tertiary/aromatic N) is 1. The van der Waals surface area contributed by atoms with Gasteiger partial charge in [0.15, 0.2) is 0 Å². The van der Waals surface area contributed by atoms with Gasteiger partial charge in [-0.3, -0.25) is 4.90 Å². The highest BCUT2D eigenvalue weighted by molar-refractivity contribution is 6.33. The number of halogens is 1. The number of carbonyl (C=O) groups excluding carboxylic acids is 1. The molecule has 0 unspecified atom stereocenters. The number of hydrogen-bond donors (Lipinski definition) is 0. The Morgan fingerprint density at radius 1 is 1.00 bits per heavy atom. The summed E-state index contributed by atoms with van der Waals surface area (Å²) in [5.74, 6) is -0.400. The van der Waals surface area contributed by atoms with E-state index < -0.39 is 5.97 Å². The third kappa shape index (κ3) is 5.08. The van der Waals surface area contributed by atoms with Gasteiger partial charge in [0.05, 0.1) is 10.6 Å². The first-order chi connectivity index (χ1) is 11.1. The first-order valence-corrected chi connectivity index (χ1v) is 8.23. The minimum absolute atomic E-state index is 0.246. The Balaban J connectivity index is 1.91. The Morgan fingerprint density at radius 3 is 2.22 bits per heavy atom. The van der Waals surface area contributed by atoms with Crippen molar-refractivity contribution in [3.8, 4) is 0 Å². The molecule has 0 heterocycles. The van der Waals surface area contributed by atoms with E-state index in [9.17, 15) is 4.79 Å². The fraction of sp³-hybridized carbons (Fsp3) is 0.316. The summed E-state index contributed by atoms with van der Waals surface area (Å²) in [6.45, 7) is 7.57. The van der Waals surface area contributed by atoms with E-state index in [1.54, 1.807) is 24.3 Å². The Hall–Kier alpha value is -1.84. The molecule has 0 bridgehead atoms. The standard InChI is InChI=1S/C19H22ClNO2/c1-3-21(4-2)13-15-9-11-16(12-10-15)14-23-19(22)17-7-5-6-8-18(17)20/h5-12H,3-4,13-14H2,1-2H3. The molecule has 23 heavy (non-hydrogen) atoms. The van der Waals surface area contributed by atoms with Crippen LogP contribution in [0.1, 0.15) is 35.3 Å². The summed E-state index contributed by atoms with van der Waals surface area (Å²) in [6.07, 6.45) is 0. The number of rotatable bonds is 7. The molecule has 0 aliphatic carbocycles. The number of esters is 1. The van der Waals surface area contributed by atoms with Crippen molar-refractivity contribution < 1.29 is 9.53 Å². The molecule has 0 saturated heterocycles. The first kappa shape index (κ1) is 17.5. The number of benzene rings is 2. The molecule has 0 aromatic heterocycles. The van der Waals surface area contributed by atoms with E-state index in [-0.39, 0.29) is 6.61 Å². The summed E-state index contributed by atoms with van der Waals surface area (Å²) in [6, 6.07) is 15.1. The van der Waals surface area contributed by atoms with Gasteiger partial charge in [0.1, 0.15) is 6.61 Å². The molecule has 0 aliphatic heterocycles. The molecule has 4 heteroatoms. The molecular weight excluding hydrogens is 310 g/mol. The van der Waals surface area contributed by atoms with Gasteiger partial charge in [0.2, 0.25) is 0 Å². The quantitative estimate of drug-likeness (QED) is 0.698. The van der Waals surface area contributed by atoms with E-state index >= 15 is 0 Å². The lowest BCUT2D eigenvalue weighted by Gasteiger charge is -2.18. The normalized spacial score (nSPS) is 10.8. The van der Waals surface area contributed by atoms with Gasteiger partial charge in [0, 0.05) is 6.54 Å². The van der Waals surface area contributed by atoms with E-state index in [1.165, 1.54) is 5.56 Å². The second-order valence-corrected chi connectivity index (χ2v) is 5.74. The monoisotopic (exact) mass is 331 g/mol. The molecule has 0 aliphatic rings. The minimum atomic E-state index is -0.400. The van der Waals surface area contributed by atoms with Gasteiger partial charge in [-0.25, -0.2) is 4.79 Å². The zero-order valence-electron chi connectivity index (χ0n) is 13.6. The second kappa shape index (κ2) is 8.70. The summed E-state index contributed by atoms with van der Waals surface area (Å²) in [5.41, 5.74) is 2.62. The fourth-order valence-electron chi connectivity index (χ4n) is 2.30. The van der Waals surface area contributed by atoms with Crippen molar-refractivity contribution in [3.63, 3.8) is 0 Å². The third-order valence-corrected chi connectivity index (χ3v) is 4.12. The topological polar surface area (TPSA) is 29.5 Å². The van der Waals surface area contributed by atoms with E-state index in [0.717, 1.165) is 25.2 Å². The smallest absolute Gasteiger partial charge is 0.339 e. The number of hydrogen-bond acceptors (Lipinski definition) is 3. The molecule has 3 nitrogen and oxygen atoms in total. The lowest BCUT2D eigenvalue weighted by atomic mass is 10.1. The van der Waals surface area contributed by atoms with E-state index in [1.807, 2.05) is 12.1 Å². The molecule has 0 amide bonds. The third-order valence-electron chi connectivity index (χ3n) is 3.79. The largest absolute Gasteiger partial charge is 0.457 e. The van der Waals surface area contributed by atoms with Gasteiger partial charge in [0.25, 0.3) is 0 Å². The molecule has 0 atom stereocenters. The molecule has 0 saturated carbocycles. The van der Waals surface area contributed by atoms with Gasteiger partial charge in [-0.1, -0.05) is 61.8 Å². The Labute approximate surface area is 142 Å². The molecule has 2 aromatic carbocycles. The van der Waals surface area contributed by atoms with Crippen LogP contribution in [-0.2, 0) is 17.9 Å². The van der Waals surface area contributed by atoms with Crippen LogP contribution in [0.4, 0.5) is 0 Å². The van der Waals surface area contributed by atoms with Crippen LogP contribution in [0.2, 0.25) is 5.02 Å². The van der Waals surface area contributed by atoms with Gasteiger partial charge in [-0.2, -0.15) is 0 Å². The van der Waals surface area contributed by atoms with Crippen molar-refractivity contribution in [3.05, 3.63) is 70.2 Å². The molecule has 0 N–H and O–H groups in total. The van der Waals surface area contributed by atoms with Crippen LogP contribution in [0.5, 0.6) is 0 Å². The van der Waals surface area contributed by atoms with Gasteiger partial charge in [-0.05, 0) is 36.3 Å². The lowest BCUT2D eigenvalue weighted by molar-refractivity contribution is 0.0473. The Bertz CT molecular complexity index is 636. The molecule has 122 valence electrons. The maximum absolute atomic E-state index is 12.0. The van der Waals surface area contributed by atoms with Crippen molar-refractivity contribution in [1.82, 2.24) is 4.90 Å². The second-order valence-electron chi connectivity index (χ2n) is 5.33. The van der Waals surface area contributed by atoms with Crippen LogP contribution in [0.3, 0.4) is 0 Å². The first-order valence-electron chi connectivity index (χ1n) is 7.85. The average molecular weight is 332 g/mol. The number of ether oxygens (including phenoxy) is 1. The molecule has 2 aromatic rings. The SMILES string of the molecule is CCN(CC)Cc1ccc(COC(=O)c2ccccc2Cl)cc1. The summed E-state index contributed by atoms with van der Waals surface area (Å²) in [4.78, 5) is 14.4. The van der Waals surface area contributed by atoms with Gasteiger partial charge < -0.3 is 4.74 Å². The van der Waals surface area contributed by atoms with E-state index in [0.29, 0.717) is 10.6 Å². The number of carbonyl (C=O) groups is 1. The van der Waals surface area contributed by atoms with E-state index in [4.69, 9.17) is 16.3 Å². The molecule has 0 fully saturated rings. The maximum atomic E-state index is 12.0. The summed E-state index contributed by atoms with van der Waals surface area (Å²) in [5, 5.41) is 0.409. The van der Waals surface area contributed by atoms with Crippen molar-refractivity contribution in [2.45, 2.75) is 27.0 Å². The molecule has 2 rings (SSSR count). The average Bonchev–Trinajstić information content (AvgIpc) is 2.59. The highest BCUT2D eigenvalue weighted by Crippen LogP contribution is 2.17. The van der Waals surface area contributed by atoms with Gasteiger partial charge >= 0.3 is 5.97 Å². The summed E-state index contributed by atoms with van der Waals surface area (Å²) in [7, 11) is 0. The van der Waals surface area contributed by atoms with Gasteiger partial charge in [-0.15, -0.1) is 0 Å². The van der Waals surface area contributed by atoms with Crippen molar-refractivity contribution >= 4 is 17.6 Å². The predicted molar refractivity (Wildman–Crippen MR) is 93.6 cm³/mol. The van der Waals surface area contributed by atoms with Crippen LogP contribution in [0, 0.1) is 0 Å². The maximum Gasteiger partial charge on any atom is 0.339 e. The molecule has 0 radical (unpaired) electrons. The van der Waals surface area contributed by atoms with Crippen LogP contribution in [0.15, 0.2) is 48.5 Å². The Kier molecular flexibility index (Phi) is 6.63. The summed E-state index contributed by atoms with van der Waals surface area (Å²) >= 11 is 5.99. The Morgan fingerprint density at radius 2 is 1.61 bits per heavy atom. The highest BCUT2D eigenvalue weighted by atomic mass is 35.5. The fourth-order valence-corrected chi connectivity index (χ4v) is 2.51. The highest BCUT2D eigenvalue weighted by Gasteiger charge is 2.11. The van der Waals surface area contributed by atoms with Crippen LogP contribution in [0.25, 0.3) is 0 Å². The van der Waals surface area contributed by atoms with Crippen molar-refractivity contribution in [2.75, 3.05) is 13.1 Å². The minimum Gasteiger partial charge on any atom is -0.457 e. The van der Waals surface area contributed by atoms with Crippen molar-refractivity contribution in [1.29, 1.82) is 0 Å². The van der Waals surface area contributed by atoms with Crippen LogP contribution < -0.4 is 0 Å². The predicted octanol–water partition coefficient (Wildman–Crippen LogP) is 4.54. The van der Waals surface area contributed by atoms with E-state index in [2.05, 4.69) is 30.9 Å². The van der Waals surface area contributed by atoms with Crippen molar-refractivity contribution in [2.24, 2.45) is 0 Å². The molecule has 0 spiro atoms. The van der Waals surface area contributed by atoms with Crippen LogP contribution in [-0.4, -0.2) is 24.0 Å². The lowest BCUT2D eigenvalue weighted by Crippen LogP contribution is -2.22. The van der Waals surface area contributed by atoms with Crippen LogP contribution >= 0.6 is 11.6 Å². The molecular formula is C19H22ClNO2. The summed E-state index contributed by atoms with van der Waals surface area (Å²) < 4.78 is 5.32. The zero-order chi connectivity index (χ0) is 16.7. The zero-order valence-corrected chi connectivity index (χ0v) is 14.3.